The number of carboxylic acid groups (broad SMARTS) is 1. The predicted octanol–water partition coefficient (Wildman–Crippen LogP) is 3.27. The lowest BCUT2D eigenvalue weighted by atomic mass is 10.2. The first-order valence-electron chi connectivity index (χ1n) is 6.69. The zero-order chi connectivity index (χ0) is 15.5. The molecule has 0 fully saturated rings. The number of ether oxygens (including phenoxy) is 2. The molecule has 112 valence electrons. The second kappa shape index (κ2) is 5.77. The summed E-state index contributed by atoms with van der Waals surface area (Å²) < 4.78 is 10.2. The maximum Gasteiger partial charge on any atom is 0.515 e. The first kappa shape index (κ1) is 13.9. The Hall–Kier alpha value is -3.02. The van der Waals surface area contributed by atoms with Gasteiger partial charge in [-0.3, -0.25) is 0 Å². The molecule has 0 saturated heterocycles. The number of amides is 1. The van der Waals surface area contributed by atoms with Gasteiger partial charge in [-0.25, -0.2) is 14.5 Å². The average Bonchev–Trinajstić information content (AvgIpc) is 2.85. The molecule has 6 nitrogen and oxygen atoms in total. The van der Waals surface area contributed by atoms with E-state index in [1.54, 1.807) is 48.5 Å². The Labute approximate surface area is 126 Å². The largest absolute Gasteiger partial charge is 0.515 e. The fourth-order valence-corrected chi connectivity index (χ4v) is 2.39. The Balaban J connectivity index is 1.73. The molecular weight excluding hydrogens is 286 g/mol. The molecule has 0 aromatic heterocycles. The van der Waals surface area contributed by atoms with E-state index in [0.717, 1.165) is 10.5 Å². The molecule has 0 saturated carbocycles. The van der Waals surface area contributed by atoms with Gasteiger partial charge in [0.2, 0.25) is 0 Å². The van der Waals surface area contributed by atoms with Gasteiger partial charge in [-0.2, -0.15) is 0 Å². The maximum atomic E-state index is 11.8. The van der Waals surface area contributed by atoms with Gasteiger partial charge >= 0.3 is 12.2 Å². The highest BCUT2D eigenvalue weighted by molar-refractivity contribution is 5.89. The van der Waals surface area contributed by atoms with Crippen molar-refractivity contribution in [3.8, 4) is 5.75 Å². The minimum absolute atomic E-state index is 0.298. The lowest BCUT2D eigenvalue weighted by Crippen LogP contribution is -2.40. The summed E-state index contributed by atoms with van der Waals surface area (Å²) in [6, 6.07) is 15.5. The van der Waals surface area contributed by atoms with Crippen LogP contribution in [0.5, 0.6) is 5.75 Å². The van der Waals surface area contributed by atoms with Crippen LogP contribution in [0.15, 0.2) is 54.6 Å². The Morgan fingerprint density at radius 2 is 1.73 bits per heavy atom. The number of anilines is 1. The molecule has 2 aromatic rings. The number of hydrogen-bond donors (Lipinski definition) is 1. The van der Waals surface area contributed by atoms with Crippen molar-refractivity contribution in [2.24, 2.45) is 0 Å². The minimum Gasteiger partial charge on any atom is -0.465 e. The third-order valence-corrected chi connectivity index (χ3v) is 3.32. The highest BCUT2D eigenvalue weighted by Crippen LogP contribution is 2.32. The summed E-state index contributed by atoms with van der Waals surface area (Å²) in [7, 11) is 0. The fraction of sp³-hybridized carbons (Fsp3) is 0.125. The quantitative estimate of drug-likeness (QED) is 0.680. The molecule has 2 aromatic carbocycles. The Morgan fingerprint density at radius 1 is 1.05 bits per heavy atom. The molecule has 1 N–H and O–H groups in total. The van der Waals surface area contributed by atoms with Crippen molar-refractivity contribution < 1.29 is 24.2 Å². The van der Waals surface area contributed by atoms with Gasteiger partial charge in [-0.1, -0.05) is 36.4 Å². The monoisotopic (exact) mass is 299 g/mol. The molecule has 1 aliphatic rings. The predicted molar refractivity (Wildman–Crippen MR) is 78.0 cm³/mol. The van der Waals surface area contributed by atoms with Gasteiger partial charge in [-0.05, 0) is 23.8 Å². The number of carbonyl (C=O) groups is 2. The highest BCUT2D eigenvalue weighted by atomic mass is 16.7. The molecule has 1 atom stereocenters. The number of benzene rings is 2. The summed E-state index contributed by atoms with van der Waals surface area (Å²) in [6.45, 7) is 0. The zero-order valence-corrected chi connectivity index (χ0v) is 11.5. The molecule has 1 heterocycles. The summed E-state index contributed by atoms with van der Waals surface area (Å²) in [5.74, 6) is 0.338. The van der Waals surface area contributed by atoms with Crippen LogP contribution >= 0.6 is 0 Å². The van der Waals surface area contributed by atoms with E-state index in [1.165, 1.54) is 0 Å². The summed E-state index contributed by atoms with van der Waals surface area (Å²) in [5.41, 5.74) is 1.33. The van der Waals surface area contributed by atoms with E-state index in [-0.39, 0.29) is 0 Å². The smallest absolute Gasteiger partial charge is 0.465 e. The number of para-hydroxylation sites is 2. The SMILES string of the molecule is O=C(Oc1ccccc1)OC1Cc2ccccc2N1C(=O)O. The van der Waals surface area contributed by atoms with Crippen molar-refractivity contribution in [2.75, 3.05) is 4.90 Å². The molecule has 1 amide bonds. The fourth-order valence-electron chi connectivity index (χ4n) is 2.39. The van der Waals surface area contributed by atoms with Crippen LogP contribution in [0.1, 0.15) is 5.56 Å². The van der Waals surface area contributed by atoms with Gasteiger partial charge in [0.05, 0.1) is 5.69 Å². The molecule has 3 rings (SSSR count). The van der Waals surface area contributed by atoms with Gasteiger partial charge in [0.25, 0.3) is 0 Å². The van der Waals surface area contributed by atoms with Crippen molar-refractivity contribution in [3.63, 3.8) is 0 Å². The topological polar surface area (TPSA) is 76.1 Å². The first-order chi connectivity index (χ1) is 10.6. The van der Waals surface area contributed by atoms with E-state index in [2.05, 4.69) is 0 Å². The van der Waals surface area contributed by atoms with Crippen LogP contribution in [-0.2, 0) is 11.2 Å². The van der Waals surface area contributed by atoms with E-state index >= 15 is 0 Å². The number of fused-ring (bicyclic) bond motifs is 1. The van der Waals surface area contributed by atoms with Crippen molar-refractivity contribution >= 4 is 17.9 Å². The zero-order valence-electron chi connectivity index (χ0n) is 11.5. The van der Waals surface area contributed by atoms with E-state index in [4.69, 9.17) is 9.47 Å². The van der Waals surface area contributed by atoms with Crippen molar-refractivity contribution in [2.45, 2.75) is 12.6 Å². The third kappa shape index (κ3) is 2.71. The van der Waals surface area contributed by atoms with Crippen molar-refractivity contribution in [1.29, 1.82) is 0 Å². The number of carbonyl (C=O) groups excluding carboxylic acids is 1. The summed E-state index contributed by atoms with van der Waals surface area (Å²) in [4.78, 5) is 24.3. The summed E-state index contributed by atoms with van der Waals surface area (Å²) in [5, 5.41) is 9.33. The Morgan fingerprint density at radius 3 is 2.45 bits per heavy atom. The number of nitrogens with zero attached hydrogens (tertiary/aromatic N) is 1. The standard InChI is InChI=1S/C16H13NO5/c18-15(19)17-13-9-5-4-6-11(13)10-14(17)22-16(20)21-12-7-2-1-3-8-12/h1-9,14H,10H2,(H,18,19). The lowest BCUT2D eigenvalue weighted by Gasteiger charge is -2.21. The van der Waals surface area contributed by atoms with Crippen molar-refractivity contribution in [1.82, 2.24) is 0 Å². The molecule has 1 aliphatic heterocycles. The van der Waals surface area contributed by atoms with Crippen LogP contribution in [0.4, 0.5) is 15.3 Å². The molecule has 6 heteroatoms. The van der Waals surface area contributed by atoms with Crippen LogP contribution in [0.2, 0.25) is 0 Å². The first-order valence-corrected chi connectivity index (χ1v) is 6.69. The van der Waals surface area contributed by atoms with Crippen LogP contribution in [0.25, 0.3) is 0 Å². The maximum absolute atomic E-state index is 11.8. The normalized spacial score (nSPS) is 16.0. The van der Waals surface area contributed by atoms with E-state index in [1.807, 2.05) is 6.07 Å². The Bertz CT molecular complexity index is 701. The number of hydrogen-bond acceptors (Lipinski definition) is 4. The van der Waals surface area contributed by atoms with Gasteiger partial charge in [-0.15, -0.1) is 0 Å². The van der Waals surface area contributed by atoms with E-state index < -0.39 is 18.5 Å². The summed E-state index contributed by atoms with van der Waals surface area (Å²) in [6.07, 6.45) is -2.74. The molecular formula is C16H13NO5. The molecule has 0 radical (unpaired) electrons. The molecule has 0 aliphatic carbocycles. The van der Waals surface area contributed by atoms with Crippen molar-refractivity contribution in [3.05, 3.63) is 60.2 Å². The second-order valence-electron chi connectivity index (χ2n) is 4.72. The minimum atomic E-state index is -1.18. The highest BCUT2D eigenvalue weighted by Gasteiger charge is 2.36. The van der Waals surface area contributed by atoms with Crippen LogP contribution < -0.4 is 9.64 Å². The van der Waals surface area contributed by atoms with E-state index in [0.29, 0.717) is 17.9 Å². The Kier molecular flexibility index (Phi) is 3.65. The van der Waals surface area contributed by atoms with Crippen LogP contribution in [0, 0.1) is 0 Å². The van der Waals surface area contributed by atoms with Gasteiger partial charge in [0.1, 0.15) is 5.75 Å². The molecule has 0 bridgehead atoms. The average molecular weight is 299 g/mol. The molecule has 1 unspecified atom stereocenters. The molecule has 22 heavy (non-hydrogen) atoms. The number of rotatable bonds is 2. The second-order valence-corrected chi connectivity index (χ2v) is 4.72. The van der Waals surface area contributed by atoms with Crippen LogP contribution in [-0.4, -0.2) is 23.6 Å². The lowest BCUT2D eigenvalue weighted by molar-refractivity contribution is 0.0603. The van der Waals surface area contributed by atoms with E-state index in [9.17, 15) is 14.7 Å². The van der Waals surface area contributed by atoms with Gasteiger partial charge in [0, 0.05) is 6.42 Å². The van der Waals surface area contributed by atoms with Gasteiger partial charge < -0.3 is 14.6 Å². The third-order valence-electron chi connectivity index (χ3n) is 3.32. The molecule has 0 spiro atoms. The van der Waals surface area contributed by atoms with Gasteiger partial charge in [0.15, 0.2) is 6.23 Å². The summed E-state index contributed by atoms with van der Waals surface area (Å²) >= 11 is 0. The van der Waals surface area contributed by atoms with Crippen LogP contribution in [0.3, 0.4) is 0 Å².